The van der Waals surface area contributed by atoms with E-state index < -0.39 is 11.3 Å². The van der Waals surface area contributed by atoms with E-state index in [1.54, 1.807) is 0 Å². The van der Waals surface area contributed by atoms with Crippen molar-refractivity contribution >= 4 is 11.8 Å². The summed E-state index contributed by atoms with van der Waals surface area (Å²) in [4.78, 5) is 24.4. The molecule has 0 spiro atoms. The summed E-state index contributed by atoms with van der Waals surface area (Å²) >= 11 is 0. The number of carbonyl (C=O) groups excluding carboxylic acids is 2. The second-order valence-electron chi connectivity index (χ2n) is 4.55. The van der Waals surface area contributed by atoms with E-state index in [1.165, 1.54) is 4.90 Å². The molecule has 1 rings (SSSR count). The van der Waals surface area contributed by atoms with E-state index in [4.69, 9.17) is 10.5 Å². The predicted molar refractivity (Wildman–Crippen MR) is 55.0 cm³/mol. The summed E-state index contributed by atoms with van der Waals surface area (Å²) in [5, 5.41) is 0. The van der Waals surface area contributed by atoms with Crippen LogP contribution in [0.5, 0.6) is 0 Å². The molecule has 1 heterocycles. The first kappa shape index (κ1) is 12.0. The SMILES string of the molecule is CC(C)N(CC(N)=O)C(=O)C1(C)COC1. The molecule has 1 aliphatic rings. The fourth-order valence-corrected chi connectivity index (χ4v) is 1.54. The summed E-state index contributed by atoms with van der Waals surface area (Å²) in [6.07, 6.45) is 0. The highest BCUT2D eigenvalue weighted by Crippen LogP contribution is 2.29. The van der Waals surface area contributed by atoms with Crippen molar-refractivity contribution in [1.82, 2.24) is 4.90 Å². The molecule has 1 aliphatic heterocycles. The first-order chi connectivity index (χ1) is 6.87. The van der Waals surface area contributed by atoms with E-state index in [1.807, 2.05) is 20.8 Å². The van der Waals surface area contributed by atoms with Crippen LogP contribution in [0.2, 0.25) is 0 Å². The smallest absolute Gasteiger partial charge is 0.237 e. The molecule has 0 unspecified atom stereocenters. The van der Waals surface area contributed by atoms with E-state index in [0.717, 1.165) is 0 Å². The van der Waals surface area contributed by atoms with Gasteiger partial charge in [-0.25, -0.2) is 0 Å². The maximum absolute atomic E-state index is 12.1. The van der Waals surface area contributed by atoms with Gasteiger partial charge in [-0.15, -0.1) is 0 Å². The number of amides is 2. The highest BCUT2D eigenvalue weighted by molar-refractivity contribution is 5.88. The van der Waals surface area contributed by atoms with Gasteiger partial charge in [0.25, 0.3) is 0 Å². The standard InChI is InChI=1S/C10H18N2O3/c1-7(2)12(4-8(11)13)9(14)10(3)5-15-6-10/h7H,4-6H2,1-3H3,(H2,11,13). The van der Waals surface area contributed by atoms with Crippen LogP contribution in [0, 0.1) is 5.41 Å². The molecule has 1 saturated heterocycles. The summed E-state index contributed by atoms with van der Waals surface area (Å²) < 4.78 is 5.03. The van der Waals surface area contributed by atoms with E-state index in [-0.39, 0.29) is 18.5 Å². The lowest BCUT2D eigenvalue weighted by atomic mass is 9.86. The molecule has 0 saturated carbocycles. The molecule has 0 radical (unpaired) electrons. The summed E-state index contributed by atoms with van der Waals surface area (Å²) in [6.45, 7) is 6.40. The Morgan fingerprint density at radius 1 is 1.47 bits per heavy atom. The zero-order valence-electron chi connectivity index (χ0n) is 9.45. The second kappa shape index (κ2) is 4.18. The van der Waals surface area contributed by atoms with Gasteiger partial charge in [0.15, 0.2) is 0 Å². The van der Waals surface area contributed by atoms with E-state index >= 15 is 0 Å². The molecule has 0 atom stereocenters. The lowest BCUT2D eigenvalue weighted by Crippen LogP contribution is -2.56. The van der Waals surface area contributed by atoms with Crippen molar-refractivity contribution in [3.8, 4) is 0 Å². The third-order valence-electron chi connectivity index (χ3n) is 2.57. The van der Waals surface area contributed by atoms with Crippen LogP contribution < -0.4 is 5.73 Å². The molecule has 0 aromatic rings. The molecule has 15 heavy (non-hydrogen) atoms. The minimum Gasteiger partial charge on any atom is -0.379 e. The highest BCUT2D eigenvalue weighted by Gasteiger charge is 2.44. The van der Waals surface area contributed by atoms with E-state index in [2.05, 4.69) is 0 Å². The molecule has 1 fully saturated rings. The molecule has 5 heteroatoms. The molecule has 0 bridgehead atoms. The third kappa shape index (κ3) is 2.47. The normalized spacial score (nSPS) is 18.4. The van der Waals surface area contributed by atoms with Crippen LogP contribution in [-0.2, 0) is 14.3 Å². The van der Waals surface area contributed by atoms with Crippen LogP contribution in [-0.4, -0.2) is 42.5 Å². The highest BCUT2D eigenvalue weighted by atomic mass is 16.5. The summed E-state index contributed by atoms with van der Waals surface area (Å²) in [6, 6.07) is -0.0255. The van der Waals surface area contributed by atoms with Gasteiger partial charge in [-0.3, -0.25) is 9.59 Å². The van der Waals surface area contributed by atoms with Crippen LogP contribution in [0.1, 0.15) is 20.8 Å². The Kier molecular flexibility index (Phi) is 3.34. The number of ether oxygens (including phenoxy) is 1. The van der Waals surface area contributed by atoms with Crippen LogP contribution in [0.3, 0.4) is 0 Å². The van der Waals surface area contributed by atoms with Crippen LogP contribution in [0.25, 0.3) is 0 Å². The number of hydrogen-bond acceptors (Lipinski definition) is 3. The summed E-state index contributed by atoms with van der Waals surface area (Å²) in [5.41, 5.74) is 4.64. The molecule has 86 valence electrons. The van der Waals surface area contributed by atoms with E-state index in [0.29, 0.717) is 13.2 Å². The van der Waals surface area contributed by atoms with Crippen molar-refractivity contribution in [3.05, 3.63) is 0 Å². The molecule has 2 N–H and O–H groups in total. The number of primary amides is 1. The maximum Gasteiger partial charge on any atom is 0.237 e. The van der Waals surface area contributed by atoms with Gasteiger partial charge in [0, 0.05) is 6.04 Å². The first-order valence-electron chi connectivity index (χ1n) is 5.04. The van der Waals surface area contributed by atoms with Gasteiger partial charge < -0.3 is 15.4 Å². The van der Waals surface area contributed by atoms with Gasteiger partial charge in [-0.05, 0) is 20.8 Å². The number of nitrogens with zero attached hydrogens (tertiary/aromatic N) is 1. The van der Waals surface area contributed by atoms with Crippen molar-refractivity contribution in [3.63, 3.8) is 0 Å². The Labute approximate surface area is 89.6 Å². The molecule has 5 nitrogen and oxygen atoms in total. The van der Waals surface area contributed by atoms with Crippen LogP contribution in [0.4, 0.5) is 0 Å². The Hall–Kier alpha value is -1.10. The first-order valence-corrected chi connectivity index (χ1v) is 5.04. The fraction of sp³-hybridized carbons (Fsp3) is 0.800. The van der Waals surface area contributed by atoms with Gasteiger partial charge in [0.1, 0.15) is 0 Å². The Morgan fingerprint density at radius 3 is 2.27 bits per heavy atom. The minimum absolute atomic E-state index is 0.0217. The minimum atomic E-state index is -0.485. The Bertz CT molecular complexity index is 272. The van der Waals surface area contributed by atoms with Crippen molar-refractivity contribution in [2.24, 2.45) is 11.1 Å². The van der Waals surface area contributed by atoms with Crippen LogP contribution in [0.15, 0.2) is 0 Å². The zero-order valence-corrected chi connectivity index (χ0v) is 9.45. The number of nitrogens with two attached hydrogens (primary N) is 1. The van der Waals surface area contributed by atoms with Crippen LogP contribution >= 0.6 is 0 Å². The average Bonchev–Trinajstić information content (AvgIpc) is 2.08. The lowest BCUT2D eigenvalue weighted by Gasteiger charge is -2.41. The fourth-order valence-electron chi connectivity index (χ4n) is 1.54. The summed E-state index contributed by atoms with van der Waals surface area (Å²) in [5.74, 6) is -0.538. The second-order valence-corrected chi connectivity index (χ2v) is 4.55. The van der Waals surface area contributed by atoms with Crippen molar-refractivity contribution in [2.75, 3.05) is 19.8 Å². The van der Waals surface area contributed by atoms with Gasteiger partial charge in [-0.1, -0.05) is 0 Å². The number of hydrogen-bond donors (Lipinski definition) is 1. The largest absolute Gasteiger partial charge is 0.379 e. The van der Waals surface area contributed by atoms with Crippen molar-refractivity contribution < 1.29 is 14.3 Å². The van der Waals surface area contributed by atoms with Crippen molar-refractivity contribution in [1.29, 1.82) is 0 Å². The quantitative estimate of drug-likeness (QED) is 0.701. The monoisotopic (exact) mass is 214 g/mol. The zero-order chi connectivity index (χ0) is 11.6. The average molecular weight is 214 g/mol. The molecule has 0 aromatic heterocycles. The van der Waals surface area contributed by atoms with Crippen molar-refractivity contribution in [2.45, 2.75) is 26.8 Å². The van der Waals surface area contributed by atoms with Gasteiger partial charge in [0.05, 0.1) is 25.2 Å². The molecular weight excluding hydrogens is 196 g/mol. The summed E-state index contributed by atoms with van der Waals surface area (Å²) in [7, 11) is 0. The third-order valence-corrected chi connectivity index (χ3v) is 2.57. The molecule has 0 aliphatic carbocycles. The molecular formula is C10H18N2O3. The topological polar surface area (TPSA) is 72.6 Å². The molecule has 0 aromatic carbocycles. The molecule has 2 amide bonds. The Morgan fingerprint density at radius 2 is 2.00 bits per heavy atom. The maximum atomic E-state index is 12.1. The predicted octanol–water partition coefficient (Wildman–Crippen LogP) is -0.255. The Balaban J connectivity index is 2.71. The van der Waals surface area contributed by atoms with Gasteiger partial charge >= 0.3 is 0 Å². The lowest BCUT2D eigenvalue weighted by molar-refractivity contribution is -0.171. The number of rotatable bonds is 4. The number of carbonyl (C=O) groups is 2. The van der Waals surface area contributed by atoms with E-state index in [9.17, 15) is 9.59 Å². The van der Waals surface area contributed by atoms with Gasteiger partial charge in [-0.2, -0.15) is 0 Å². The van der Waals surface area contributed by atoms with Gasteiger partial charge in [0.2, 0.25) is 11.8 Å².